The molecule has 1 amide bonds. The van der Waals surface area contributed by atoms with Crippen LogP contribution in [0.25, 0.3) is 0 Å². The van der Waals surface area contributed by atoms with Crippen LogP contribution >= 0.6 is 11.6 Å². The van der Waals surface area contributed by atoms with Crippen molar-refractivity contribution in [2.75, 3.05) is 12.0 Å². The summed E-state index contributed by atoms with van der Waals surface area (Å²) in [7, 11) is 0. The van der Waals surface area contributed by atoms with E-state index < -0.39 is 0 Å². The zero-order valence-corrected chi connectivity index (χ0v) is 13.6. The monoisotopic (exact) mass is 333 g/mol. The normalized spacial score (nSPS) is 21.4. The number of hydrogen-bond acceptors (Lipinski definition) is 3. The predicted octanol–water partition coefficient (Wildman–Crippen LogP) is 3.89. The number of amidine groups is 1. The molecular formula is C16H20ClN5O. The average Bonchev–Trinajstić information content (AvgIpc) is 2.95. The highest BCUT2D eigenvalue weighted by Gasteiger charge is 2.37. The summed E-state index contributed by atoms with van der Waals surface area (Å²) in [6.45, 7) is 0.722. The van der Waals surface area contributed by atoms with Gasteiger partial charge in [0.25, 0.3) is 0 Å². The molecule has 6 nitrogen and oxygen atoms in total. The topological polar surface area (TPSA) is 80.9 Å². The maximum atomic E-state index is 12.4. The lowest BCUT2D eigenvalue weighted by atomic mass is 9.84. The second-order valence-electron chi connectivity index (χ2n) is 6.02. The Labute approximate surface area is 140 Å². The molecule has 0 radical (unpaired) electrons. The number of nitrogens with zero attached hydrogens (tertiary/aromatic N) is 3. The fourth-order valence-corrected chi connectivity index (χ4v) is 3.16. The van der Waals surface area contributed by atoms with Crippen molar-refractivity contribution in [2.24, 2.45) is 16.3 Å². The van der Waals surface area contributed by atoms with Crippen LogP contribution in [0.1, 0.15) is 32.1 Å². The van der Waals surface area contributed by atoms with Gasteiger partial charge in [-0.05, 0) is 43.9 Å². The van der Waals surface area contributed by atoms with Crippen molar-refractivity contribution in [3.05, 3.63) is 29.3 Å². The number of halogens is 1. The fraction of sp³-hybridized carbons (Fsp3) is 0.500. The van der Waals surface area contributed by atoms with Crippen LogP contribution in [0.4, 0.5) is 5.69 Å². The number of carbonyl (C=O) groups excluding carboxylic acids is 1. The number of anilines is 1. The standard InChI is InChI=1S/C16H20ClN5O/c17-12-6-2-7-13(10-12)19-21-20-15(18)14-8-3-9-22(14)16(23)11-4-1-5-11/h2,6-7,10-11,14H,1,3-5,8-9H2,(H2,18,19,20). The Bertz CT molecular complexity index is 629. The van der Waals surface area contributed by atoms with Crippen molar-refractivity contribution in [3.63, 3.8) is 0 Å². The predicted molar refractivity (Wildman–Crippen MR) is 89.7 cm³/mol. The zero-order valence-electron chi connectivity index (χ0n) is 12.8. The van der Waals surface area contributed by atoms with E-state index in [-0.39, 0.29) is 23.7 Å². The molecule has 23 heavy (non-hydrogen) atoms. The van der Waals surface area contributed by atoms with Crippen LogP contribution in [0.3, 0.4) is 0 Å². The Morgan fingerprint density at radius 2 is 2.13 bits per heavy atom. The van der Waals surface area contributed by atoms with Gasteiger partial charge < -0.3 is 4.90 Å². The summed E-state index contributed by atoms with van der Waals surface area (Å²) < 4.78 is 0. The summed E-state index contributed by atoms with van der Waals surface area (Å²) in [5, 5.41) is 16.5. The minimum atomic E-state index is -0.243. The summed E-state index contributed by atoms with van der Waals surface area (Å²) in [5.74, 6) is 0.469. The summed E-state index contributed by atoms with van der Waals surface area (Å²) in [6.07, 6.45) is 4.80. The van der Waals surface area contributed by atoms with E-state index >= 15 is 0 Å². The second kappa shape index (κ2) is 7.08. The lowest BCUT2D eigenvalue weighted by molar-refractivity contribution is -0.137. The molecule has 2 fully saturated rings. The molecule has 2 N–H and O–H groups in total. The van der Waals surface area contributed by atoms with Gasteiger partial charge in [0.1, 0.15) is 0 Å². The molecule has 1 heterocycles. The molecule has 122 valence electrons. The molecule has 1 aliphatic heterocycles. The van der Waals surface area contributed by atoms with E-state index in [1.807, 2.05) is 17.0 Å². The van der Waals surface area contributed by atoms with Crippen LogP contribution in [-0.2, 0) is 4.79 Å². The van der Waals surface area contributed by atoms with Gasteiger partial charge in [-0.3, -0.25) is 15.6 Å². The molecule has 1 aliphatic carbocycles. The summed E-state index contributed by atoms with van der Waals surface area (Å²) in [5.41, 5.74) is 3.47. The minimum Gasteiger partial charge on any atom is -0.332 e. The van der Waals surface area contributed by atoms with E-state index in [9.17, 15) is 4.79 Å². The molecule has 0 bridgehead atoms. The molecular weight excluding hydrogens is 314 g/mol. The first-order valence-electron chi connectivity index (χ1n) is 7.96. The van der Waals surface area contributed by atoms with Gasteiger partial charge in [0.05, 0.1) is 11.7 Å². The van der Waals surface area contributed by atoms with Crippen molar-refractivity contribution in [2.45, 2.75) is 38.1 Å². The first-order chi connectivity index (χ1) is 11.1. The van der Waals surface area contributed by atoms with Gasteiger partial charge in [-0.15, -0.1) is 5.11 Å². The van der Waals surface area contributed by atoms with Crippen LogP contribution in [0, 0.1) is 11.3 Å². The van der Waals surface area contributed by atoms with Crippen LogP contribution in [-0.4, -0.2) is 29.2 Å². The third-order valence-corrected chi connectivity index (χ3v) is 4.70. The molecule has 7 heteroatoms. The van der Waals surface area contributed by atoms with Gasteiger partial charge in [0.2, 0.25) is 5.91 Å². The molecule has 1 saturated heterocycles. The Hall–Kier alpha value is -1.95. The molecule has 1 atom stereocenters. The molecule has 3 rings (SSSR count). The van der Waals surface area contributed by atoms with Crippen LogP contribution < -0.4 is 5.43 Å². The Kier molecular flexibility index (Phi) is 4.91. The number of amides is 1. The first kappa shape index (κ1) is 15.9. The summed E-state index contributed by atoms with van der Waals surface area (Å²) in [4.78, 5) is 14.2. The highest BCUT2D eigenvalue weighted by Crippen LogP contribution is 2.31. The molecule has 0 aromatic heterocycles. The highest BCUT2D eigenvalue weighted by atomic mass is 35.5. The molecule has 1 unspecified atom stereocenters. The maximum absolute atomic E-state index is 12.4. The second-order valence-corrected chi connectivity index (χ2v) is 6.46. The van der Waals surface area contributed by atoms with Crippen LogP contribution in [0.2, 0.25) is 5.02 Å². The summed E-state index contributed by atoms with van der Waals surface area (Å²) in [6, 6.07) is 6.88. The zero-order chi connectivity index (χ0) is 16.2. The van der Waals surface area contributed by atoms with Crippen molar-refractivity contribution >= 4 is 29.0 Å². The number of nitrogens with one attached hydrogen (secondary N) is 2. The van der Waals surface area contributed by atoms with Gasteiger partial charge in [-0.1, -0.05) is 29.3 Å². The van der Waals surface area contributed by atoms with Gasteiger partial charge in [0, 0.05) is 17.5 Å². The highest BCUT2D eigenvalue weighted by molar-refractivity contribution is 6.30. The third-order valence-electron chi connectivity index (χ3n) is 4.47. The maximum Gasteiger partial charge on any atom is 0.226 e. The lowest BCUT2D eigenvalue weighted by Crippen LogP contribution is -2.44. The van der Waals surface area contributed by atoms with E-state index in [0.717, 1.165) is 38.6 Å². The Balaban J connectivity index is 1.58. The number of hydrogen-bond donors (Lipinski definition) is 2. The van der Waals surface area contributed by atoms with Crippen LogP contribution in [0.5, 0.6) is 0 Å². The molecule has 1 saturated carbocycles. The number of rotatable bonds is 4. The van der Waals surface area contributed by atoms with E-state index in [2.05, 4.69) is 15.8 Å². The third kappa shape index (κ3) is 3.69. The van der Waals surface area contributed by atoms with E-state index in [1.165, 1.54) is 0 Å². The smallest absolute Gasteiger partial charge is 0.226 e. The number of benzene rings is 1. The van der Waals surface area contributed by atoms with Crippen molar-refractivity contribution in [1.29, 1.82) is 5.41 Å². The molecule has 1 aromatic rings. The lowest BCUT2D eigenvalue weighted by Gasteiger charge is -2.32. The molecule has 2 aliphatic rings. The average molecular weight is 334 g/mol. The van der Waals surface area contributed by atoms with E-state index in [4.69, 9.17) is 17.0 Å². The van der Waals surface area contributed by atoms with Gasteiger partial charge >= 0.3 is 0 Å². The Morgan fingerprint density at radius 3 is 2.83 bits per heavy atom. The van der Waals surface area contributed by atoms with Crippen molar-refractivity contribution < 1.29 is 4.79 Å². The van der Waals surface area contributed by atoms with Gasteiger partial charge in [-0.2, -0.15) is 0 Å². The number of likely N-dealkylation sites (tertiary alicyclic amines) is 1. The fourth-order valence-electron chi connectivity index (χ4n) is 2.97. The Morgan fingerprint density at radius 1 is 1.30 bits per heavy atom. The van der Waals surface area contributed by atoms with E-state index in [1.54, 1.807) is 12.1 Å². The number of carbonyl (C=O) groups is 1. The quantitative estimate of drug-likeness (QED) is 0.379. The van der Waals surface area contributed by atoms with Crippen molar-refractivity contribution in [3.8, 4) is 0 Å². The van der Waals surface area contributed by atoms with Gasteiger partial charge in [-0.25, -0.2) is 0 Å². The minimum absolute atomic E-state index is 0.129. The first-order valence-corrected chi connectivity index (χ1v) is 8.34. The summed E-state index contributed by atoms with van der Waals surface area (Å²) >= 11 is 5.89. The van der Waals surface area contributed by atoms with Crippen LogP contribution in [0.15, 0.2) is 34.6 Å². The molecule has 1 aromatic carbocycles. The largest absolute Gasteiger partial charge is 0.332 e. The van der Waals surface area contributed by atoms with Crippen molar-refractivity contribution in [1.82, 2.24) is 4.90 Å². The SMILES string of the molecule is N=C(/N=N\Nc1cccc(Cl)c1)C1CCCN1C(=O)C1CCC1. The molecule has 0 spiro atoms. The van der Waals surface area contributed by atoms with E-state index in [0.29, 0.717) is 10.7 Å². The van der Waals surface area contributed by atoms with Gasteiger partial charge in [0.15, 0.2) is 5.84 Å².